The predicted molar refractivity (Wildman–Crippen MR) is 63.7 cm³/mol. The molecule has 0 aliphatic carbocycles. The number of rotatable bonds is 5. The highest BCUT2D eigenvalue weighted by Crippen LogP contribution is 2.09. The van der Waals surface area contributed by atoms with Crippen molar-refractivity contribution in [2.75, 3.05) is 6.54 Å². The van der Waals surface area contributed by atoms with Crippen molar-refractivity contribution in [3.05, 3.63) is 35.1 Å². The van der Waals surface area contributed by atoms with Crippen LogP contribution in [0.4, 0.5) is 4.39 Å². The number of hydrogen-bond donors (Lipinski definition) is 2. The first-order valence-electron chi connectivity index (χ1n) is 5.64. The number of aliphatic hydroxyl groups excluding tert-OH is 1. The van der Waals surface area contributed by atoms with Crippen molar-refractivity contribution < 1.29 is 9.50 Å². The minimum Gasteiger partial charge on any atom is -0.392 e. The van der Waals surface area contributed by atoms with E-state index in [9.17, 15) is 9.50 Å². The SMILES string of the molecule is Cc1cc(CNCC(O)C(C)C)ccc1F. The lowest BCUT2D eigenvalue weighted by Crippen LogP contribution is -2.30. The lowest BCUT2D eigenvalue weighted by atomic mass is 10.1. The standard InChI is InChI=1S/C13H20FNO/c1-9(2)13(16)8-15-7-11-4-5-12(14)10(3)6-11/h4-6,9,13,15-16H,7-8H2,1-3H3. The fraction of sp³-hybridized carbons (Fsp3) is 0.538. The summed E-state index contributed by atoms with van der Waals surface area (Å²) < 4.78 is 13.0. The van der Waals surface area contributed by atoms with Gasteiger partial charge >= 0.3 is 0 Å². The van der Waals surface area contributed by atoms with Crippen molar-refractivity contribution in [1.29, 1.82) is 0 Å². The molecule has 90 valence electrons. The van der Waals surface area contributed by atoms with Crippen LogP contribution in [0.3, 0.4) is 0 Å². The summed E-state index contributed by atoms with van der Waals surface area (Å²) in [5.74, 6) is 0.0772. The zero-order valence-corrected chi connectivity index (χ0v) is 10.1. The van der Waals surface area contributed by atoms with Crippen molar-refractivity contribution >= 4 is 0 Å². The van der Waals surface area contributed by atoms with Crippen LogP contribution in [0.25, 0.3) is 0 Å². The highest BCUT2D eigenvalue weighted by molar-refractivity contribution is 5.23. The summed E-state index contributed by atoms with van der Waals surface area (Å²) in [5, 5.41) is 12.7. The summed E-state index contributed by atoms with van der Waals surface area (Å²) in [7, 11) is 0. The minimum atomic E-state index is -0.332. The molecule has 0 aromatic heterocycles. The molecular formula is C13H20FNO. The largest absolute Gasteiger partial charge is 0.392 e. The van der Waals surface area contributed by atoms with Crippen molar-refractivity contribution in [2.24, 2.45) is 5.92 Å². The van der Waals surface area contributed by atoms with Gasteiger partial charge in [-0.25, -0.2) is 4.39 Å². The average molecular weight is 225 g/mol. The van der Waals surface area contributed by atoms with Gasteiger partial charge in [0, 0.05) is 13.1 Å². The van der Waals surface area contributed by atoms with Gasteiger partial charge in [-0.1, -0.05) is 26.0 Å². The fourth-order valence-corrected chi connectivity index (χ4v) is 1.42. The summed E-state index contributed by atoms with van der Waals surface area (Å²) in [6.07, 6.45) is -0.332. The van der Waals surface area contributed by atoms with Crippen LogP contribution >= 0.6 is 0 Å². The van der Waals surface area contributed by atoms with Crippen LogP contribution in [-0.2, 0) is 6.54 Å². The van der Waals surface area contributed by atoms with Crippen LogP contribution in [0, 0.1) is 18.7 Å². The van der Waals surface area contributed by atoms with E-state index in [1.807, 2.05) is 19.9 Å². The van der Waals surface area contributed by atoms with E-state index in [2.05, 4.69) is 5.32 Å². The molecule has 1 atom stereocenters. The highest BCUT2D eigenvalue weighted by Gasteiger charge is 2.08. The Hall–Kier alpha value is -0.930. The van der Waals surface area contributed by atoms with Gasteiger partial charge in [0.05, 0.1) is 6.10 Å². The van der Waals surface area contributed by atoms with Gasteiger partial charge in [0.2, 0.25) is 0 Å². The number of aryl methyl sites for hydroxylation is 1. The third-order valence-corrected chi connectivity index (χ3v) is 2.67. The van der Waals surface area contributed by atoms with E-state index in [4.69, 9.17) is 0 Å². The summed E-state index contributed by atoms with van der Waals surface area (Å²) in [6.45, 7) is 6.93. The zero-order chi connectivity index (χ0) is 12.1. The minimum absolute atomic E-state index is 0.175. The van der Waals surface area contributed by atoms with E-state index in [-0.39, 0.29) is 17.8 Å². The molecule has 0 bridgehead atoms. The van der Waals surface area contributed by atoms with Crippen LogP contribution < -0.4 is 5.32 Å². The third kappa shape index (κ3) is 3.91. The first-order chi connectivity index (χ1) is 7.50. The molecular weight excluding hydrogens is 205 g/mol. The fourth-order valence-electron chi connectivity index (χ4n) is 1.42. The lowest BCUT2D eigenvalue weighted by Gasteiger charge is -2.15. The predicted octanol–water partition coefficient (Wildman–Crippen LogP) is 2.24. The number of aliphatic hydroxyl groups is 1. The summed E-state index contributed by atoms with van der Waals surface area (Å²) in [5.41, 5.74) is 1.69. The van der Waals surface area contributed by atoms with Gasteiger partial charge in [0.15, 0.2) is 0 Å². The molecule has 1 aromatic carbocycles. The molecule has 1 rings (SSSR count). The topological polar surface area (TPSA) is 32.3 Å². The maximum Gasteiger partial charge on any atom is 0.126 e. The van der Waals surface area contributed by atoms with Crippen molar-refractivity contribution in [2.45, 2.75) is 33.4 Å². The molecule has 2 N–H and O–H groups in total. The maximum atomic E-state index is 13.0. The summed E-state index contributed by atoms with van der Waals surface area (Å²) >= 11 is 0. The quantitative estimate of drug-likeness (QED) is 0.805. The molecule has 0 radical (unpaired) electrons. The number of benzene rings is 1. The van der Waals surface area contributed by atoms with Crippen LogP contribution in [0.5, 0.6) is 0 Å². The van der Waals surface area contributed by atoms with Gasteiger partial charge in [0.1, 0.15) is 5.82 Å². The Morgan fingerprint density at radius 2 is 2.06 bits per heavy atom. The number of nitrogens with one attached hydrogen (secondary N) is 1. The van der Waals surface area contributed by atoms with E-state index in [1.165, 1.54) is 6.07 Å². The van der Waals surface area contributed by atoms with E-state index >= 15 is 0 Å². The maximum absolute atomic E-state index is 13.0. The first kappa shape index (κ1) is 13.1. The Morgan fingerprint density at radius 1 is 1.38 bits per heavy atom. The molecule has 0 aliphatic rings. The molecule has 3 heteroatoms. The molecule has 16 heavy (non-hydrogen) atoms. The Kier molecular flexibility index (Phi) is 4.90. The molecule has 0 amide bonds. The van der Waals surface area contributed by atoms with Crippen LogP contribution in [-0.4, -0.2) is 17.8 Å². The van der Waals surface area contributed by atoms with E-state index in [0.29, 0.717) is 18.7 Å². The first-order valence-corrected chi connectivity index (χ1v) is 5.64. The Bertz CT molecular complexity index is 339. The molecule has 1 unspecified atom stereocenters. The van der Waals surface area contributed by atoms with Crippen molar-refractivity contribution in [3.8, 4) is 0 Å². The Morgan fingerprint density at radius 3 is 2.62 bits per heavy atom. The summed E-state index contributed by atoms with van der Waals surface area (Å²) in [6, 6.07) is 5.06. The molecule has 1 aromatic rings. The van der Waals surface area contributed by atoms with Crippen molar-refractivity contribution in [1.82, 2.24) is 5.32 Å². The van der Waals surface area contributed by atoms with Gasteiger partial charge in [-0.15, -0.1) is 0 Å². The number of hydrogen-bond acceptors (Lipinski definition) is 2. The second-order valence-corrected chi connectivity index (χ2v) is 4.53. The second kappa shape index (κ2) is 5.97. The Labute approximate surface area is 96.5 Å². The van der Waals surface area contributed by atoms with E-state index in [0.717, 1.165) is 5.56 Å². The average Bonchev–Trinajstić information content (AvgIpc) is 2.23. The molecule has 0 saturated carbocycles. The van der Waals surface area contributed by atoms with Gasteiger partial charge in [0.25, 0.3) is 0 Å². The number of halogens is 1. The third-order valence-electron chi connectivity index (χ3n) is 2.67. The summed E-state index contributed by atoms with van der Waals surface area (Å²) in [4.78, 5) is 0. The molecule has 0 aliphatic heterocycles. The second-order valence-electron chi connectivity index (χ2n) is 4.53. The van der Waals surface area contributed by atoms with Gasteiger partial charge < -0.3 is 10.4 Å². The van der Waals surface area contributed by atoms with E-state index in [1.54, 1.807) is 13.0 Å². The Balaban J connectivity index is 2.40. The normalized spacial score (nSPS) is 13.1. The van der Waals surface area contributed by atoms with Crippen molar-refractivity contribution in [3.63, 3.8) is 0 Å². The molecule has 0 saturated heterocycles. The van der Waals surface area contributed by atoms with Crippen LogP contribution in [0.1, 0.15) is 25.0 Å². The zero-order valence-electron chi connectivity index (χ0n) is 10.1. The molecule has 0 fully saturated rings. The smallest absolute Gasteiger partial charge is 0.126 e. The highest BCUT2D eigenvalue weighted by atomic mass is 19.1. The molecule has 0 spiro atoms. The lowest BCUT2D eigenvalue weighted by molar-refractivity contribution is 0.123. The van der Waals surface area contributed by atoms with E-state index < -0.39 is 0 Å². The monoisotopic (exact) mass is 225 g/mol. The molecule has 0 heterocycles. The van der Waals surface area contributed by atoms with Crippen LogP contribution in [0.15, 0.2) is 18.2 Å². The van der Waals surface area contributed by atoms with Gasteiger partial charge in [-0.05, 0) is 30.0 Å². The molecule has 2 nitrogen and oxygen atoms in total. The van der Waals surface area contributed by atoms with Gasteiger partial charge in [-0.3, -0.25) is 0 Å². The van der Waals surface area contributed by atoms with Crippen LogP contribution in [0.2, 0.25) is 0 Å². The van der Waals surface area contributed by atoms with Gasteiger partial charge in [-0.2, -0.15) is 0 Å².